The minimum atomic E-state index is -3.00. The summed E-state index contributed by atoms with van der Waals surface area (Å²) in [6.45, 7) is 0.667. The van der Waals surface area contributed by atoms with E-state index in [4.69, 9.17) is 10.5 Å². The van der Waals surface area contributed by atoms with E-state index in [1.807, 2.05) is 24.3 Å². The summed E-state index contributed by atoms with van der Waals surface area (Å²) in [4.78, 5) is 0. The molecule has 0 heterocycles. The normalized spacial score (nSPS) is 16.4. The van der Waals surface area contributed by atoms with Crippen molar-refractivity contribution in [1.29, 1.82) is 0 Å². The summed E-state index contributed by atoms with van der Waals surface area (Å²) < 4.78 is 29.5. The van der Waals surface area contributed by atoms with Crippen LogP contribution in [0.2, 0.25) is 0 Å². The smallest absolute Gasteiger partial charge is 0.153 e. The second-order valence-electron chi connectivity index (χ2n) is 5.46. The van der Waals surface area contributed by atoms with E-state index in [1.165, 1.54) is 12.8 Å². The molecule has 0 spiro atoms. The Morgan fingerprint density at radius 3 is 2.70 bits per heavy atom. The van der Waals surface area contributed by atoms with Gasteiger partial charge in [0, 0.05) is 6.54 Å². The van der Waals surface area contributed by atoms with Crippen molar-refractivity contribution in [3.8, 4) is 5.75 Å². The highest BCUT2D eigenvalue weighted by Gasteiger charge is 2.22. The molecule has 20 heavy (non-hydrogen) atoms. The van der Waals surface area contributed by atoms with Crippen LogP contribution in [0.25, 0.3) is 0 Å². The maximum Gasteiger partial charge on any atom is 0.153 e. The molecule has 0 amide bonds. The second-order valence-corrected chi connectivity index (χ2v) is 7.69. The largest absolute Gasteiger partial charge is 0.493 e. The highest BCUT2D eigenvalue weighted by atomic mass is 32.2. The summed E-state index contributed by atoms with van der Waals surface area (Å²) in [5.41, 5.74) is 6.54. The van der Waals surface area contributed by atoms with Crippen LogP contribution >= 0.6 is 0 Å². The lowest BCUT2D eigenvalue weighted by Crippen LogP contribution is -2.21. The lowest BCUT2D eigenvalue weighted by atomic mass is 10.1. The van der Waals surface area contributed by atoms with Crippen LogP contribution in [0.15, 0.2) is 24.3 Å². The molecule has 1 aromatic rings. The number of nitrogens with two attached hydrogens (primary N) is 1. The standard InChI is InChI=1S/C15H23NO3S/c16-11-14-6-3-7-15(10-14)19-8-9-20(17,18)12-13-4-1-2-5-13/h3,6-7,10,13H,1-2,4-5,8-9,11-12,16H2. The third-order valence-corrected chi connectivity index (χ3v) is 5.53. The molecule has 5 heteroatoms. The molecule has 1 aliphatic rings. The molecule has 2 N–H and O–H groups in total. The quantitative estimate of drug-likeness (QED) is 0.837. The molecule has 0 aromatic heterocycles. The zero-order chi connectivity index (χ0) is 14.4. The van der Waals surface area contributed by atoms with E-state index in [2.05, 4.69) is 0 Å². The molecule has 2 rings (SSSR count). The summed E-state index contributed by atoms with van der Waals surface area (Å²) in [7, 11) is -3.00. The molecule has 0 radical (unpaired) electrons. The maximum absolute atomic E-state index is 12.0. The average Bonchev–Trinajstić information content (AvgIpc) is 2.91. The Bertz CT molecular complexity index is 522. The van der Waals surface area contributed by atoms with Crippen molar-refractivity contribution < 1.29 is 13.2 Å². The first-order valence-electron chi connectivity index (χ1n) is 7.21. The third-order valence-electron chi connectivity index (χ3n) is 3.76. The van der Waals surface area contributed by atoms with Crippen LogP contribution in [0.5, 0.6) is 5.75 Å². The molecule has 0 aliphatic heterocycles. The van der Waals surface area contributed by atoms with Gasteiger partial charge in [0.2, 0.25) is 0 Å². The van der Waals surface area contributed by atoms with Crippen LogP contribution < -0.4 is 10.5 Å². The Morgan fingerprint density at radius 2 is 2.00 bits per heavy atom. The fourth-order valence-electron chi connectivity index (χ4n) is 2.67. The van der Waals surface area contributed by atoms with E-state index in [-0.39, 0.29) is 12.4 Å². The molecule has 1 saturated carbocycles. The monoisotopic (exact) mass is 297 g/mol. The molecule has 0 bridgehead atoms. The van der Waals surface area contributed by atoms with E-state index in [0.29, 0.717) is 24.0 Å². The summed E-state index contributed by atoms with van der Waals surface area (Å²) in [5.74, 6) is 1.46. The Hall–Kier alpha value is -1.07. The van der Waals surface area contributed by atoms with Gasteiger partial charge >= 0.3 is 0 Å². The minimum absolute atomic E-state index is 0.0936. The van der Waals surface area contributed by atoms with E-state index < -0.39 is 9.84 Å². The van der Waals surface area contributed by atoms with E-state index in [1.54, 1.807) is 0 Å². The fourth-order valence-corrected chi connectivity index (χ4v) is 4.22. The molecule has 4 nitrogen and oxygen atoms in total. The van der Waals surface area contributed by atoms with Crippen LogP contribution in [0, 0.1) is 5.92 Å². The van der Waals surface area contributed by atoms with Crippen LogP contribution in [0.4, 0.5) is 0 Å². The fraction of sp³-hybridized carbons (Fsp3) is 0.600. The highest BCUT2D eigenvalue weighted by Crippen LogP contribution is 2.26. The van der Waals surface area contributed by atoms with Gasteiger partial charge in [0.05, 0.1) is 11.5 Å². The Labute approximate surface area is 121 Å². The highest BCUT2D eigenvalue weighted by molar-refractivity contribution is 7.91. The third kappa shape index (κ3) is 4.80. The Kier molecular flexibility index (Phi) is 5.43. The number of hydrogen-bond acceptors (Lipinski definition) is 4. The van der Waals surface area contributed by atoms with E-state index in [0.717, 1.165) is 18.4 Å². The summed E-state index contributed by atoms with van der Waals surface area (Å²) >= 11 is 0. The SMILES string of the molecule is NCc1cccc(OCCS(=O)(=O)CC2CCCC2)c1. The topological polar surface area (TPSA) is 69.4 Å². The van der Waals surface area contributed by atoms with Crippen molar-refractivity contribution in [2.24, 2.45) is 11.7 Å². The zero-order valence-electron chi connectivity index (χ0n) is 11.8. The Balaban J connectivity index is 1.79. The molecular weight excluding hydrogens is 274 g/mol. The van der Waals surface area contributed by atoms with Gasteiger partial charge in [-0.2, -0.15) is 0 Å². The van der Waals surface area contributed by atoms with Gasteiger partial charge in [-0.3, -0.25) is 0 Å². The number of benzene rings is 1. The maximum atomic E-state index is 12.0. The van der Waals surface area contributed by atoms with Gasteiger partial charge in [0.15, 0.2) is 9.84 Å². The number of sulfone groups is 1. The van der Waals surface area contributed by atoms with Gasteiger partial charge in [-0.05, 0) is 36.5 Å². The summed E-state index contributed by atoms with van der Waals surface area (Å²) in [6.07, 6.45) is 4.45. The minimum Gasteiger partial charge on any atom is -0.493 e. The predicted molar refractivity (Wildman–Crippen MR) is 80.4 cm³/mol. The van der Waals surface area contributed by atoms with Crippen LogP contribution in [-0.4, -0.2) is 26.5 Å². The van der Waals surface area contributed by atoms with Crippen molar-refractivity contribution in [1.82, 2.24) is 0 Å². The molecule has 1 aromatic carbocycles. The molecule has 112 valence electrons. The second kappa shape index (κ2) is 7.09. The lowest BCUT2D eigenvalue weighted by molar-refractivity contribution is 0.340. The van der Waals surface area contributed by atoms with Crippen molar-refractivity contribution in [2.75, 3.05) is 18.1 Å². The number of ether oxygens (including phenoxy) is 1. The lowest BCUT2D eigenvalue weighted by Gasteiger charge is -2.11. The average molecular weight is 297 g/mol. The first-order valence-corrected chi connectivity index (χ1v) is 9.03. The van der Waals surface area contributed by atoms with Gasteiger partial charge < -0.3 is 10.5 Å². The van der Waals surface area contributed by atoms with Crippen LogP contribution in [0.1, 0.15) is 31.2 Å². The molecule has 0 saturated heterocycles. The molecule has 0 atom stereocenters. The number of hydrogen-bond donors (Lipinski definition) is 1. The van der Waals surface area contributed by atoms with Gasteiger partial charge in [0.1, 0.15) is 12.4 Å². The number of rotatable bonds is 7. The van der Waals surface area contributed by atoms with Crippen LogP contribution in [-0.2, 0) is 16.4 Å². The molecule has 1 aliphatic carbocycles. The Morgan fingerprint density at radius 1 is 1.25 bits per heavy atom. The van der Waals surface area contributed by atoms with Gasteiger partial charge in [0.25, 0.3) is 0 Å². The van der Waals surface area contributed by atoms with Crippen LogP contribution in [0.3, 0.4) is 0 Å². The molecule has 1 fully saturated rings. The van der Waals surface area contributed by atoms with Gasteiger partial charge in [-0.1, -0.05) is 25.0 Å². The van der Waals surface area contributed by atoms with Crippen molar-refractivity contribution >= 4 is 9.84 Å². The van der Waals surface area contributed by atoms with Crippen molar-refractivity contribution in [3.63, 3.8) is 0 Å². The van der Waals surface area contributed by atoms with E-state index in [9.17, 15) is 8.42 Å². The van der Waals surface area contributed by atoms with E-state index >= 15 is 0 Å². The van der Waals surface area contributed by atoms with Gasteiger partial charge in [-0.25, -0.2) is 8.42 Å². The first-order chi connectivity index (χ1) is 9.59. The summed E-state index contributed by atoms with van der Waals surface area (Å²) in [5, 5.41) is 0. The van der Waals surface area contributed by atoms with Crippen molar-refractivity contribution in [3.05, 3.63) is 29.8 Å². The molecular formula is C15H23NO3S. The zero-order valence-corrected chi connectivity index (χ0v) is 12.6. The molecule has 0 unspecified atom stereocenters. The summed E-state index contributed by atoms with van der Waals surface area (Å²) in [6, 6.07) is 7.46. The van der Waals surface area contributed by atoms with Gasteiger partial charge in [-0.15, -0.1) is 0 Å². The first kappa shape index (κ1) is 15.3. The predicted octanol–water partition coefficient (Wildman–Crippen LogP) is 2.13. The van der Waals surface area contributed by atoms with Crippen molar-refractivity contribution in [2.45, 2.75) is 32.2 Å².